The summed E-state index contributed by atoms with van der Waals surface area (Å²) in [6.07, 6.45) is 41.1. The van der Waals surface area contributed by atoms with Crippen LogP contribution in [0.2, 0.25) is 0 Å². The van der Waals surface area contributed by atoms with Gasteiger partial charge in [0.15, 0.2) is 6.10 Å². The van der Waals surface area contributed by atoms with Crippen LogP contribution in [0.5, 0.6) is 0 Å². The molecule has 3 atom stereocenters. The predicted octanol–water partition coefficient (Wildman–Crippen LogP) is 11.6. The van der Waals surface area contributed by atoms with E-state index in [0.29, 0.717) is 12.8 Å². The molecule has 0 aromatic heterocycles. The molecule has 0 amide bonds. The van der Waals surface area contributed by atoms with Gasteiger partial charge in [-0.25, -0.2) is 4.57 Å². The third kappa shape index (κ3) is 40.2. The van der Waals surface area contributed by atoms with Gasteiger partial charge < -0.3 is 24.6 Å². The number of hydrogen-bond donors (Lipinski definition) is 3. The number of hydrogen-bond acceptors (Lipinski definition) is 9. The first-order valence-electron chi connectivity index (χ1n) is 21.9. The van der Waals surface area contributed by atoms with Gasteiger partial charge in [0.05, 0.1) is 19.8 Å². The molecule has 0 saturated carbocycles. The number of carbonyl (C=O) groups is 2. The van der Waals surface area contributed by atoms with E-state index in [4.69, 9.17) is 19.1 Å². The van der Waals surface area contributed by atoms with Crippen molar-refractivity contribution < 1.29 is 47.8 Å². The highest BCUT2D eigenvalue weighted by molar-refractivity contribution is 7.47. The Kier molecular flexibility index (Phi) is 39.1. The van der Waals surface area contributed by atoms with Gasteiger partial charge in [-0.05, 0) is 70.6 Å². The standard InChI is InChI=1S/C44H81O10P/c1-3-5-7-9-11-13-15-17-19-20-22-24-26-28-30-32-34-36-44(48)54-42(40-53-55(49,50)52-38-41(46)37-45)39-51-43(47)35-33-31-29-27-25-23-21-18-16-14-12-10-8-6-4-2/h13,15,18,21,25,27,41-42,45-46H,3-12,14,16-17,19-20,22-24,26,28-40H2,1-2H3,(H,49,50)/b15-13+,21-18+,27-25+/t41-,42+/m0/s1. The van der Waals surface area contributed by atoms with Crippen LogP contribution in [0, 0.1) is 0 Å². The maximum Gasteiger partial charge on any atom is 0.472 e. The molecule has 10 nitrogen and oxygen atoms in total. The Morgan fingerprint density at radius 1 is 0.545 bits per heavy atom. The average molecular weight is 801 g/mol. The highest BCUT2D eigenvalue weighted by Gasteiger charge is 2.27. The summed E-state index contributed by atoms with van der Waals surface area (Å²) in [5.74, 6) is -0.963. The molecule has 0 saturated heterocycles. The number of aliphatic hydroxyl groups is 2. The van der Waals surface area contributed by atoms with Gasteiger partial charge in [-0.2, -0.15) is 0 Å². The molecule has 11 heteroatoms. The van der Waals surface area contributed by atoms with E-state index in [2.05, 4.69) is 54.8 Å². The highest BCUT2D eigenvalue weighted by atomic mass is 31.2. The molecule has 0 fully saturated rings. The fourth-order valence-electron chi connectivity index (χ4n) is 5.84. The lowest BCUT2D eigenvalue weighted by Gasteiger charge is -2.20. The van der Waals surface area contributed by atoms with Gasteiger partial charge in [-0.15, -0.1) is 0 Å². The van der Waals surface area contributed by atoms with Crippen LogP contribution < -0.4 is 0 Å². The molecule has 0 bridgehead atoms. The number of esters is 2. The first-order valence-corrected chi connectivity index (χ1v) is 23.4. The van der Waals surface area contributed by atoms with Crippen molar-refractivity contribution in [3.63, 3.8) is 0 Å². The van der Waals surface area contributed by atoms with E-state index >= 15 is 0 Å². The molecule has 1 unspecified atom stereocenters. The summed E-state index contributed by atoms with van der Waals surface area (Å²) in [5, 5.41) is 18.3. The number of allylic oxidation sites excluding steroid dienone is 6. The van der Waals surface area contributed by atoms with E-state index < -0.39 is 51.8 Å². The quantitative estimate of drug-likeness (QED) is 0.0236. The van der Waals surface area contributed by atoms with Crippen molar-refractivity contribution in [3.05, 3.63) is 36.5 Å². The summed E-state index contributed by atoms with van der Waals surface area (Å²) < 4.78 is 32.7. The Morgan fingerprint density at radius 3 is 1.47 bits per heavy atom. The van der Waals surface area contributed by atoms with Crippen LogP contribution >= 0.6 is 7.82 Å². The summed E-state index contributed by atoms with van der Waals surface area (Å²) in [4.78, 5) is 35.0. The van der Waals surface area contributed by atoms with E-state index in [9.17, 15) is 24.2 Å². The SMILES string of the molecule is CCCCCC/C=C/CCCCCCCCCCCC(=O)O[C@H](COC(=O)CCCC/C=C/C/C=C/CCCCCCCC)COP(=O)(O)OC[C@@H](O)CO. The minimum absolute atomic E-state index is 0.176. The number of ether oxygens (including phenoxy) is 2. The van der Waals surface area contributed by atoms with Crippen LogP contribution in [0.3, 0.4) is 0 Å². The molecule has 322 valence electrons. The minimum Gasteiger partial charge on any atom is -0.462 e. The Labute approximate surface area is 335 Å². The Hall–Kier alpha value is -1.81. The first kappa shape index (κ1) is 53.2. The topological polar surface area (TPSA) is 149 Å². The summed E-state index contributed by atoms with van der Waals surface area (Å²) in [7, 11) is -4.62. The van der Waals surface area contributed by atoms with Crippen LogP contribution in [0.1, 0.15) is 194 Å². The summed E-state index contributed by atoms with van der Waals surface area (Å²) in [5.41, 5.74) is 0. The third-order valence-corrected chi connectivity index (χ3v) is 10.2. The van der Waals surface area contributed by atoms with Crippen molar-refractivity contribution >= 4 is 19.8 Å². The molecule has 0 spiro atoms. The van der Waals surface area contributed by atoms with Crippen LogP contribution in [0.15, 0.2) is 36.5 Å². The molecule has 0 aromatic carbocycles. The Bertz CT molecular complexity index is 1010. The Morgan fingerprint density at radius 2 is 0.945 bits per heavy atom. The van der Waals surface area contributed by atoms with Crippen molar-refractivity contribution in [1.29, 1.82) is 0 Å². The first-order chi connectivity index (χ1) is 26.7. The van der Waals surface area contributed by atoms with E-state index in [1.54, 1.807) is 0 Å². The summed E-state index contributed by atoms with van der Waals surface area (Å²) in [6.45, 7) is 2.33. The van der Waals surface area contributed by atoms with E-state index in [0.717, 1.165) is 44.9 Å². The molecule has 0 rings (SSSR count). The van der Waals surface area contributed by atoms with Crippen molar-refractivity contribution in [2.75, 3.05) is 26.4 Å². The number of rotatable bonds is 41. The van der Waals surface area contributed by atoms with Gasteiger partial charge in [0.1, 0.15) is 12.7 Å². The number of carbonyl (C=O) groups excluding carboxylic acids is 2. The number of phosphoric acid groups is 1. The van der Waals surface area contributed by atoms with E-state index in [1.807, 2.05) is 0 Å². The summed E-state index contributed by atoms with van der Waals surface area (Å²) >= 11 is 0. The van der Waals surface area contributed by atoms with Gasteiger partial charge >= 0.3 is 19.8 Å². The van der Waals surface area contributed by atoms with Gasteiger partial charge in [0.25, 0.3) is 0 Å². The van der Waals surface area contributed by atoms with Crippen molar-refractivity contribution in [1.82, 2.24) is 0 Å². The van der Waals surface area contributed by atoms with Crippen molar-refractivity contribution in [2.24, 2.45) is 0 Å². The van der Waals surface area contributed by atoms with Crippen LogP contribution in [-0.4, -0.2) is 65.7 Å². The van der Waals surface area contributed by atoms with Crippen molar-refractivity contribution in [2.45, 2.75) is 206 Å². The lowest BCUT2D eigenvalue weighted by Crippen LogP contribution is -2.29. The lowest BCUT2D eigenvalue weighted by atomic mass is 10.1. The fraction of sp³-hybridized carbons (Fsp3) is 0.818. The average Bonchev–Trinajstić information content (AvgIpc) is 3.17. The molecule has 0 aliphatic carbocycles. The van der Waals surface area contributed by atoms with E-state index in [-0.39, 0.29) is 19.4 Å². The molecule has 3 N–H and O–H groups in total. The second-order valence-corrected chi connectivity index (χ2v) is 16.2. The zero-order valence-corrected chi connectivity index (χ0v) is 35.8. The molecule has 0 radical (unpaired) electrons. The number of aliphatic hydroxyl groups excluding tert-OH is 2. The molecule has 0 aliphatic heterocycles. The van der Waals surface area contributed by atoms with Crippen LogP contribution in [0.4, 0.5) is 0 Å². The Balaban J connectivity index is 4.33. The summed E-state index contributed by atoms with van der Waals surface area (Å²) in [6, 6.07) is 0. The number of unbranched alkanes of at least 4 members (excludes halogenated alkanes) is 21. The lowest BCUT2D eigenvalue weighted by molar-refractivity contribution is -0.161. The van der Waals surface area contributed by atoms with Gasteiger partial charge in [0.2, 0.25) is 0 Å². The van der Waals surface area contributed by atoms with Crippen LogP contribution in [-0.2, 0) is 32.7 Å². The van der Waals surface area contributed by atoms with Gasteiger partial charge in [0, 0.05) is 12.8 Å². The monoisotopic (exact) mass is 801 g/mol. The van der Waals surface area contributed by atoms with Gasteiger partial charge in [-0.3, -0.25) is 18.6 Å². The minimum atomic E-state index is -4.62. The van der Waals surface area contributed by atoms with Gasteiger partial charge in [-0.1, -0.05) is 147 Å². The van der Waals surface area contributed by atoms with Crippen molar-refractivity contribution in [3.8, 4) is 0 Å². The highest BCUT2D eigenvalue weighted by Crippen LogP contribution is 2.43. The second-order valence-electron chi connectivity index (χ2n) is 14.7. The molecule has 0 heterocycles. The number of phosphoric ester groups is 1. The zero-order valence-electron chi connectivity index (χ0n) is 34.9. The molecule has 0 aliphatic rings. The fourth-order valence-corrected chi connectivity index (χ4v) is 6.63. The normalized spacial score (nSPS) is 14.2. The predicted molar refractivity (Wildman–Crippen MR) is 224 cm³/mol. The smallest absolute Gasteiger partial charge is 0.462 e. The molecule has 55 heavy (non-hydrogen) atoms. The van der Waals surface area contributed by atoms with E-state index in [1.165, 1.54) is 109 Å². The maximum absolute atomic E-state index is 12.6. The zero-order chi connectivity index (χ0) is 40.5. The third-order valence-electron chi connectivity index (χ3n) is 9.27. The van der Waals surface area contributed by atoms with Crippen LogP contribution in [0.25, 0.3) is 0 Å². The molecule has 0 aromatic rings. The largest absolute Gasteiger partial charge is 0.472 e. The second kappa shape index (κ2) is 40.4. The maximum atomic E-state index is 12.6. The molecular weight excluding hydrogens is 719 g/mol. The molecular formula is C44H81O10P.